The summed E-state index contributed by atoms with van der Waals surface area (Å²) in [6, 6.07) is -0.844. The van der Waals surface area contributed by atoms with Crippen LogP contribution in [0.5, 0.6) is 0 Å². The van der Waals surface area contributed by atoms with Crippen molar-refractivity contribution >= 4 is 5.97 Å². The number of hydrogen-bond acceptors (Lipinski definition) is 7. The van der Waals surface area contributed by atoms with E-state index in [1.807, 2.05) is 0 Å². The Kier molecular flexibility index (Phi) is 12.0. The van der Waals surface area contributed by atoms with Crippen LogP contribution in [0.25, 0.3) is 0 Å². The molecule has 0 bridgehead atoms. The van der Waals surface area contributed by atoms with E-state index in [0.29, 0.717) is 6.42 Å². The van der Waals surface area contributed by atoms with E-state index in [9.17, 15) is 15.0 Å². The van der Waals surface area contributed by atoms with Crippen molar-refractivity contribution in [3.05, 3.63) is 0 Å². The highest BCUT2D eigenvalue weighted by atomic mass is 16.7. The molecule has 1 saturated heterocycles. The predicted molar refractivity (Wildman–Crippen MR) is 98.5 cm³/mol. The smallest absolute Gasteiger partial charge is 0.305 e. The van der Waals surface area contributed by atoms with Crippen LogP contribution in [0.15, 0.2) is 0 Å². The van der Waals surface area contributed by atoms with Crippen LogP contribution in [0.4, 0.5) is 0 Å². The van der Waals surface area contributed by atoms with Crippen LogP contribution >= 0.6 is 0 Å². The number of nitrogens with two attached hydrogens (primary N) is 1. The third-order valence-electron chi connectivity index (χ3n) is 4.87. The number of hydrogen-bond donors (Lipinski definition) is 3. The van der Waals surface area contributed by atoms with Gasteiger partial charge in [0.2, 0.25) is 0 Å². The molecular formula is C19H37NO6. The second kappa shape index (κ2) is 13.4. The van der Waals surface area contributed by atoms with Crippen LogP contribution in [0, 0.1) is 0 Å². The quantitative estimate of drug-likeness (QED) is 0.333. The highest BCUT2D eigenvalue weighted by Crippen LogP contribution is 2.21. The molecule has 5 atom stereocenters. The predicted octanol–water partition coefficient (Wildman–Crippen LogP) is 1.87. The van der Waals surface area contributed by atoms with E-state index >= 15 is 0 Å². The SMILES string of the molecule is CCCCCCCCCCCC(=O)OC[C@H]1O[C@@H](OC)[C@H](N)[C@@H](O)[C@@H]1O. The topological polar surface area (TPSA) is 111 Å². The first kappa shape index (κ1) is 23.3. The Hall–Kier alpha value is -0.730. The third kappa shape index (κ3) is 8.31. The molecule has 0 saturated carbocycles. The molecule has 0 aromatic heterocycles. The highest BCUT2D eigenvalue weighted by molar-refractivity contribution is 5.69. The van der Waals surface area contributed by atoms with E-state index in [1.54, 1.807) is 0 Å². The van der Waals surface area contributed by atoms with Crippen LogP contribution < -0.4 is 5.73 Å². The Bertz CT molecular complexity index is 379. The molecule has 1 heterocycles. The lowest BCUT2D eigenvalue weighted by Gasteiger charge is -2.40. The van der Waals surface area contributed by atoms with Crippen molar-refractivity contribution in [2.45, 2.75) is 102 Å². The van der Waals surface area contributed by atoms with E-state index in [4.69, 9.17) is 19.9 Å². The van der Waals surface area contributed by atoms with Crippen molar-refractivity contribution in [1.29, 1.82) is 0 Å². The average Bonchev–Trinajstić information content (AvgIpc) is 2.64. The molecule has 7 nitrogen and oxygen atoms in total. The molecule has 1 fully saturated rings. The first-order valence-corrected chi connectivity index (χ1v) is 9.96. The molecule has 0 aromatic rings. The standard InChI is InChI=1S/C19H37NO6/c1-3-4-5-6-7-8-9-10-11-12-15(21)25-13-14-17(22)18(23)16(20)19(24-2)26-14/h14,16-19,22-23H,3-13,20H2,1-2H3/t14-,16-,17-,18-,19-/m1/s1. The van der Waals surface area contributed by atoms with E-state index in [-0.39, 0.29) is 12.6 Å². The Labute approximate surface area is 157 Å². The summed E-state index contributed by atoms with van der Waals surface area (Å²) in [7, 11) is 1.40. The third-order valence-corrected chi connectivity index (χ3v) is 4.87. The largest absolute Gasteiger partial charge is 0.463 e. The molecule has 7 heteroatoms. The molecule has 1 aliphatic rings. The minimum Gasteiger partial charge on any atom is -0.463 e. The number of ether oxygens (including phenoxy) is 3. The Morgan fingerprint density at radius 1 is 1.00 bits per heavy atom. The molecule has 154 valence electrons. The number of esters is 1. The van der Waals surface area contributed by atoms with Gasteiger partial charge in [-0.25, -0.2) is 0 Å². The number of methoxy groups -OCH3 is 1. The molecule has 1 aliphatic heterocycles. The fraction of sp³-hybridized carbons (Fsp3) is 0.947. The van der Waals surface area contributed by atoms with Gasteiger partial charge in [-0.2, -0.15) is 0 Å². The van der Waals surface area contributed by atoms with Crippen LogP contribution in [0.3, 0.4) is 0 Å². The van der Waals surface area contributed by atoms with E-state index in [2.05, 4.69) is 6.92 Å². The maximum atomic E-state index is 11.8. The summed E-state index contributed by atoms with van der Waals surface area (Å²) in [6.45, 7) is 2.09. The molecule has 1 rings (SSSR count). The molecular weight excluding hydrogens is 338 g/mol. The number of carbonyl (C=O) groups excluding carboxylic acids is 1. The highest BCUT2D eigenvalue weighted by Gasteiger charge is 2.43. The van der Waals surface area contributed by atoms with E-state index < -0.39 is 30.6 Å². The van der Waals surface area contributed by atoms with Gasteiger partial charge < -0.3 is 30.2 Å². The van der Waals surface area contributed by atoms with Gasteiger partial charge in [-0.1, -0.05) is 58.3 Å². The maximum absolute atomic E-state index is 11.8. The summed E-state index contributed by atoms with van der Waals surface area (Å²) >= 11 is 0. The van der Waals surface area contributed by atoms with Gasteiger partial charge >= 0.3 is 5.97 Å². The van der Waals surface area contributed by atoms with Crippen LogP contribution in [0.1, 0.15) is 71.1 Å². The molecule has 26 heavy (non-hydrogen) atoms. The van der Waals surface area contributed by atoms with E-state index in [1.165, 1.54) is 45.6 Å². The number of unbranched alkanes of at least 4 members (excludes halogenated alkanes) is 8. The summed E-state index contributed by atoms with van der Waals surface area (Å²) in [5, 5.41) is 19.9. The lowest BCUT2D eigenvalue weighted by molar-refractivity contribution is -0.259. The van der Waals surface area contributed by atoms with Gasteiger partial charge in [0.1, 0.15) is 24.9 Å². The van der Waals surface area contributed by atoms with Gasteiger partial charge in [-0.15, -0.1) is 0 Å². The van der Waals surface area contributed by atoms with Gasteiger partial charge in [0, 0.05) is 13.5 Å². The Morgan fingerprint density at radius 2 is 1.58 bits per heavy atom. The van der Waals surface area contributed by atoms with Crippen molar-refractivity contribution in [1.82, 2.24) is 0 Å². The number of aliphatic hydroxyl groups is 2. The first-order valence-electron chi connectivity index (χ1n) is 9.96. The molecule has 4 N–H and O–H groups in total. The second-order valence-corrected chi connectivity index (χ2v) is 7.10. The number of rotatable bonds is 13. The summed E-state index contributed by atoms with van der Waals surface area (Å²) < 4.78 is 15.6. The minimum absolute atomic E-state index is 0.124. The van der Waals surface area contributed by atoms with Crippen LogP contribution in [-0.4, -0.2) is 60.5 Å². The Balaban J connectivity index is 2.10. The normalized spacial score (nSPS) is 28.9. The zero-order chi connectivity index (χ0) is 19.4. The van der Waals surface area contributed by atoms with E-state index in [0.717, 1.165) is 19.3 Å². The van der Waals surface area contributed by atoms with Gasteiger partial charge in [0.05, 0.1) is 6.04 Å². The first-order chi connectivity index (χ1) is 12.5. The van der Waals surface area contributed by atoms with Crippen LogP contribution in [-0.2, 0) is 19.0 Å². The minimum atomic E-state index is -1.21. The summed E-state index contributed by atoms with van der Waals surface area (Å²) in [5.74, 6) is -0.318. The van der Waals surface area contributed by atoms with Crippen LogP contribution in [0.2, 0.25) is 0 Å². The average molecular weight is 376 g/mol. The lowest BCUT2D eigenvalue weighted by atomic mass is 9.98. The van der Waals surface area contributed by atoms with Gasteiger partial charge in [0.25, 0.3) is 0 Å². The second-order valence-electron chi connectivity index (χ2n) is 7.10. The van der Waals surface area contributed by atoms with Gasteiger partial charge in [0.15, 0.2) is 6.29 Å². The zero-order valence-corrected chi connectivity index (χ0v) is 16.3. The maximum Gasteiger partial charge on any atom is 0.305 e. The summed E-state index contributed by atoms with van der Waals surface area (Å²) in [4.78, 5) is 11.8. The molecule has 0 unspecified atom stereocenters. The Morgan fingerprint density at radius 3 is 2.15 bits per heavy atom. The van der Waals surface area contributed by atoms with Crippen molar-refractivity contribution in [3.8, 4) is 0 Å². The fourth-order valence-corrected chi connectivity index (χ4v) is 3.13. The molecule has 0 radical (unpaired) electrons. The van der Waals surface area contributed by atoms with Crippen molar-refractivity contribution in [2.24, 2.45) is 5.73 Å². The number of carbonyl (C=O) groups is 1. The fourth-order valence-electron chi connectivity index (χ4n) is 3.13. The van der Waals surface area contributed by atoms with Crippen molar-refractivity contribution in [2.75, 3.05) is 13.7 Å². The molecule has 0 spiro atoms. The molecule has 0 aromatic carbocycles. The van der Waals surface area contributed by atoms with Crippen molar-refractivity contribution in [3.63, 3.8) is 0 Å². The summed E-state index contributed by atoms with van der Waals surface area (Å²) in [6.07, 6.45) is 6.94. The summed E-state index contributed by atoms with van der Waals surface area (Å²) in [5.41, 5.74) is 5.71. The molecule has 0 amide bonds. The zero-order valence-electron chi connectivity index (χ0n) is 16.3. The lowest BCUT2D eigenvalue weighted by Crippen LogP contribution is -2.62. The van der Waals surface area contributed by atoms with Gasteiger partial charge in [-0.3, -0.25) is 4.79 Å². The monoisotopic (exact) mass is 375 g/mol. The molecule has 0 aliphatic carbocycles. The number of aliphatic hydroxyl groups excluding tert-OH is 2. The van der Waals surface area contributed by atoms with Crippen molar-refractivity contribution < 1.29 is 29.2 Å². The van der Waals surface area contributed by atoms with Gasteiger partial charge in [-0.05, 0) is 6.42 Å².